The van der Waals surface area contributed by atoms with Gasteiger partial charge in [-0.15, -0.1) is 0 Å². The maximum absolute atomic E-state index is 12.1. The lowest BCUT2D eigenvalue weighted by molar-refractivity contribution is -0.384. The fourth-order valence-corrected chi connectivity index (χ4v) is 2.99. The summed E-state index contributed by atoms with van der Waals surface area (Å²) in [6.07, 6.45) is 1.97. The first kappa shape index (κ1) is 18.4. The summed E-state index contributed by atoms with van der Waals surface area (Å²) >= 11 is 0. The second-order valence-corrected chi connectivity index (χ2v) is 6.47. The summed E-state index contributed by atoms with van der Waals surface area (Å²) in [6, 6.07) is 4.45. The third-order valence-corrected chi connectivity index (χ3v) is 4.68. The molecule has 0 aromatic heterocycles. The maximum atomic E-state index is 12.1. The minimum atomic E-state index is -0.471. The molecule has 24 heavy (non-hydrogen) atoms. The van der Waals surface area contributed by atoms with Crippen LogP contribution in [0.15, 0.2) is 18.2 Å². The Labute approximate surface area is 141 Å². The van der Waals surface area contributed by atoms with Crippen molar-refractivity contribution in [2.75, 3.05) is 25.0 Å². The third kappa shape index (κ3) is 5.01. The van der Waals surface area contributed by atoms with Gasteiger partial charge in [0.05, 0.1) is 16.7 Å². The lowest BCUT2D eigenvalue weighted by Crippen LogP contribution is -2.38. The number of carbonyl (C=O) groups is 1. The molecule has 1 heterocycles. The van der Waals surface area contributed by atoms with Crippen molar-refractivity contribution in [3.63, 3.8) is 0 Å². The van der Waals surface area contributed by atoms with Crippen LogP contribution in [0.3, 0.4) is 0 Å². The molecular weight excluding hydrogens is 310 g/mol. The van der Waals surface area contributed by atoms with Crippen LogP contribution in [0.2, 0.25) is 0 Å². The Kier molecular flexibility index (Phi) is 6.28. The number of rotatable bonds is 6. The van der Waals surface area contributed by atoms with E-state index in [1.54, 1.807) is 13.0 Å². The zero-order valence-corrected chi connectivity index (χ0v) is 14.2. The van der Waals surface area contributed by atoms with Crippen LogP contribution in [-0.4, -0.2) is 46.6 Å². The molecule has 7 nitrogen and oxygen atoms in total. The van der Waals surface area contributed by atoms with E-state index in [0.29, 0.717) is 24.6 Å². The van der Waals surface area contributed by atoms with Gasteiger partial charge < -0.3 is 15.3 Å². The van der Waals surface area contributed by atoms with Gasteiger partial charge in [-0.1, -0.05) is 6.07 Å². The molecule has 0 bridgehead atoms. The third-order valence-electron chi connectivity index (χ3n) is 4.68. The van der Waals surface area contributed by atoms with E-state index in [0.717, 1.165) is 31.5 Å². The second kappa shape index (κ2) is 8.21. The summed E-state index contributed by atoms with van der Waals surface area (Å²) in [5, 5.41) is 23.2. The molecule has 1 aliphatic rings. The van der Waals surface area contributed by atoms with Crippen LogP contribution >= 0.6 is 0 Å². The molecule has 1 fully saturated rings. The Balaban J connectivity index is 1.82. The molecule has 0 radical (unpaired) electrons. The zero-order chi connectivity index (χ0) is 17.7. The van der Waals surface area contributed by atoms with Gasteiger partial charge in [-0.05, 0) is 51.3 Å². The van der Waals surface area contributed by atoms with Gasteiger partial charge in [-0.25, -0.2) is 0 Å². The number of likely N-dealkylation sites (tertiary alicyclic amines) is 1. The number of hydrogen-bond acceptors (Lipinski definition) is 5. The first-order valence-electron chi connectivity index (χ1n) is 8.32. The highest BCUT2D eigenvalue weighted by atomic mass is 16.6. The van der Waals surface area contributed by atoms with Gasteiger partial charge >= 0.3 is 0 Å². The predicted molar refractivity (Wildman–Crippen MR) is 91.9 cm³/mol. The molecule has 1 aromatic carbocycles. The SMILES string of the molecule is Cc1ccc([N+](=O)[O-])cc1NC(=O)CCN1CCC(C(C)O)CC1. The fourth-order valence-electron chi connectivity index (χ4n) is 2.99. The van der Waals surface area contributed by atoms with E-state index in [2.05, 4.69) is 10.2 Å². The molecule has 0 aliphatic carbocycles. The molecule has 7 heteroatoms. The van der Waals surface area contributed by atoms with Gasteiger partial charge in [-0.2, -0.15) is 0 Å². The number of anilines is 1. The topological polar surface area (TPSA) is 95.7 Å². The van der Waals surface area contributed by atoms with Gasteiger partial charge in [0.1, 0.15) is 0 Å². The van der Waals surface area contributed by atoms with Crippen molar-refractivity contribution in [1.29, 1.82) is 0 Å². The number of hydrogen-bond donors (Lipinski definition) is 2. The summed E-state index contributed by atoms with van der Waals surface area (Å²) in [7, 11) is 0. The summed E-state index contributed by atoms with van der Waals surface area (Å²) in [6.45, 7) is 6.07. The van der Waals surface area contributed by atoms with Crippen LogP contribution < -0.4 is 5.32 Å². The number of nitrogens with zero attached hydrogens (tertiary/aromatic N) is 2. The number of nitrogens with one attached hydrogen (secondary N) is 1. The fraction of sp³-hybridized carbons (Fsp3) is 0.588. The highest BCUT2D eigenvalue weighted by molar-refractivity contribution is 5.92. The lowest BCUT2D eigenvalue weighted by Gasteiger charge is -2.33. The van der Waals surface area contributed by atoms with Crippen molar-refractivity contribution in [3.05, 3.63) is 33.9 Å². The molecule has 1 atom stereocenters. The Morgan fingerprint density at radius 2 is 2.12 bits per heavy atom. The number of amides is 1. The second-order valence-electron chi connectivity index (χ2n) is 6.47. The van der Waals surface area contributed by atoms with E-state index in [-0.39, 0.29) is 17.7 Å². The van der Waals surface area contributed by atoms with Crippen LogP contribution in [0.4, 0.5) is 11.4 Å². The largest absolute Gasteiger partial charge is 0.393 e. The number of piperidine rings is 1. The van der Waals surface area contributed by atoms with E-state index >= 15 is 0 Å². The van der Waals surface area contributed by atoms with Crippen LogP contribution in [0.5, 0.6) is 0 Å². The van der Waals surface area contributed by atoms with Crippen LogP contribution in [-0.2, 0) is 4.79 Å². The highest BCUT2D eigenvalue weighted by Gasteiger charge is 2.22. The number of aryl methyl sites for hydroxylation is 1. The smallest absolute Gasteiger partial charge is 0.271 e. The van der Waals surface area contributed by atoms with Gasteiger partial charge in [0.15, 0.2) is 0 Å². The molecule has 1 amide bonds. The van der Waals surface area contributed by atoms with Crippen molar-refractivity contribution in [1.82, 2.24) is 4.90 Å². The molecule has 2 N–H and O–H groups in total. The van der Waals surface area contributed by atoms with Crippen LogP contribution in [0.1, 0.15) is 31.7 Å². The summed E-state index contributed by atoms with van der Waals surface area (Å²) < 4.78 is 0. The Morgan fingerprint density at radius 3 is 2.71 bits per heavy atom. The van der Waals surface area contributed by atoms with Crippen molar-refractivity contribution < 1.29 is 14.8 Å². The number of nitro benzene ring substituents is 1. The molecule has 2 rings (SSSR count). The highest BCUT2D eigenvalue weighted by Crippen LogP contribution is 2.23. The van der Waals surface area contributed by atoms with E-state index in [9.17, 15) is 20.0 Å². The van der Waals surface area contributed by atoms with E-state index < -0.39 is 4.92 Å². The molecule has 132 valence electrons. The first-order valence-corrected chi connectivity index (χ1v) is 8.32. The molecule has 0 spiro atoms. The molecule has 0 saturated carbocycles. The van der Waals surface area contributed by atoms with E-state index in [4.69, 9.17) is 0 Å². The maximum Gasteiger partial charge on any atom is 0.271 e. The minimum Gasteiger partial charge on any atom is -0.393 e. The van der Waals surface area contributed by atoms with E-state index in [1.165, 1.54) is 12.1 Å². The monoisotopic (exact) mass is 335 g/mol. The zero-order valence-electron chi connectivity index (χ0n) is 14.2. The van der Waals surface area contributed by atoms with Crippen molar-refractivity contribution in [2.45, 2.75) is 39.2 Å². The number of benzene rings is 1. The summed E-state index contributed by atoms with van der Waals surface area (Å²) in [5.74, 6) is 0.207. The minimum absolute atomic E-state index is 0.0314. The number of aliphatic hydroxyl groups is 1. The number of non-ortho nitro benzene ring substituents is 1. The standard InChI is InChI=1S/C17H25N3O4/c1-12-3-4-15(20(23)24)11-16(12)18-17(22)7-10-19-8-5-14(6-9-19)13(2)21/h3-4,11,13-14,21H,5-10H2,1-2H3,(H,18,22). The predicted octanol–water partition coefficient (Wildman–Crippen LogP) is 2.32. The number of carbonyl (C=O) groups excluding carboxylic acids is 1. The van der Waals surface area contributed by atoms with Crippen LogP contribution in [0.25, 0.3) is 0 Å². The number of nitro groups is 1. The Morgan fingerprint density at radius 1 is 1.46 bits per heavy atom. The molecule has 1 aromatic rings. The Hall–Kier alpha value is -1.99. The quantitative estimate of drug-likeness (QED) is 0.614. The van der Waals surface area contributed by atoms with Gasteiger partial charge in [0, 0.05) is 25.1 Å². The van der Waals surface area contributed by atoms with Crippen molar-refractivity contribution >= 4 is 17.3 Å². The average Bonchev–Trinajstić information content (AvgIpc) is 2.55. The van der Waals surface area contributed by atoms with Gasteiger partial charge in [0.25, 0.3) is 5.69 Å². The summed E-state index contributed by atoms with van der Waals surface area (Å²) in [5.41, 5.74) is 1.25. The van der Waals surface area contributed by atoms with Crippen LogP contribution in [0, 0.1) is 23.0 Å². The van der Waals surface area contributed by atoms with Gasteiger partial charge in [-0.3, -0.25) is 14.9 Å². The summed E-state index contributed by atoms with van der Waals surface area (Å²) in [4.78, 5) is 24.7. The average molecular weight is 335 g/mol. The first-order chi connectivity index (χ1) is 11.4. The molecular formula is C17H25N3O4. The molecule has 1 aliphatic heterocycles. The molecule has 1 unspecified atom stereocenters. The van der Waals surface area contributed by atoms with Crippen molar-refractivity contribution in [2.24, 2.45) is 5.92 Å². The van der Waals surface area contributed by atoms with Crippen molar-refractivity contribution in [3.8, 4) is 0 Å². The number of aliphatic hydroxyl groups excluding tert-OH is 1. The van der Waals surface area contributed by atoms with E-state index in [1.807, 2.05) is 6.92 Å². The molecule has 1 saturated heterocycles. The van der Waals surface area contributed by atoms with Gasteiger partial charge in [0.2, 0.25) is 5.91 Å². The normalized spacial score (nSPS) is 17.5. The Bertz CT molecular complexity index is 595. The lowest BCUT2D eigenvalue weighted by atomic mass is 9.92.